The summed E-state index contributed by atoms with van der Waals surface area (Å²) in [4.78, 5) is 11.4. The van der Waals surface area contributed by atoms with Crippen LogP contribution < -0.4 is 0 Å². The molecule has 2 fully saturated rings. The van der Waals surface area contributed by atoms with Crippen molar-refractivity contribution < 1.29 is 14.6 Å². The molecule has 3 rings (SSSR count). The van der Waals surface area contributed by atoms with Crippen molar-refractivity contribution in [2.75, 3.05) is 7.11 Å². The molecule has 4 unspecified atom stereocenters. The Hall–Kier alpha value is -1.77. The minimum absolute atomic E-state index is 0.166. The van der Waals surface area contributed by atoms with Gasteiger partial charge in [-0.3, -0.25) is 4.79 Å². The van der Waals surface area contributed by atoms with Gasteiger partial charge in [0.25, 0.3) is 0 Å². The SMILES string of the molecule is CO/C(=C1/C(C)CC2CC(C)CC1C2)c1cc(O)ccc1C=O. The van der Waals surface area contributed by atoms with Crippen LogP contribution in [0.1, 0.15) is 55.5 Å². The van der Waals surface area contributed by atoms with E-state index in [4.69, 9.17) is 4.74 Å². The minimum Gasteiger partial charge on any atom is -0.508 e. The minimum atomic E-state index is 0.166. The van der Waals surface area contributed by atoms with Crippen molar-refractivity contribution in [2.45, 2.75) is 39.5 Å². The summed E-state index contributed by atoms with van der Waals surface area (Å²) < 4.78 is 5.78. The van der Waals surface area contributed by atoms with Gasteiger partial charge in [0, 0.05) is 11.1 Å². The molecule has 0 spiro atoms. The molecular formula is C20H26O3. The Morgan fingerprint density at radius 3 is 2.70 bits per heavy atom. The molecule has 2 bridgehead atoms. The number of aldehydes is 1. The smallest absolute Gasteiger partial charge is 0.150 e. The normalized spacial score (nSPS) is 32.3. The first-order valence-electron chi connectivity index (χ1n) is 8.60. The number of carbonyl (C=O) groups excluding carboxylic acids is 1. The van der Waals surface area contributed by atoms with E-state index in [2.05, 4.69) is 13.8 Å². The molecule has 1 N–H and O–H groups in total. The largest absolute Gasteiger partial charge is 0.508 e. The molecule has 0 aliphatic heterocycles. The second kappa shape index (κ2) is 6.38. The van der Waals surface area contributed by atoms with Gasteiger partial charge in [0.15, 0.2) is 6.29 Å². The van der Waals surface area contributed by atoms with Crippen LogP contribution >= 0.6 is 0 Å². The van der Waals surface area contributed by atoms with Crippen LogP contribution in [0.5, 0.6) is 5.75 Å². The van der Waals surface area contributed by atoms with E-state index in [0.29, 0.717) is 17.4 Å². The molecule has 2 aliphatic rings. The number of hydrogen-bond acceptors (Lipinski definition) is 3. The molecule has 4 atom stereocenters. The van der Waals surface area contributed by atoms with Crippen LogP contribution in [-0.4, -0.2) is 18.5 Å². The van der Waals surface area contributed by atoms with Crippen molar-refractivity contribution in [3.63, 3.8) is 0 Å². The van der Waals surface area contributed by atoms with Gasteiger partial charge in [0.2, 0.25) is 0 Å². The standard InChI is InChI=1S/C20H26O3/c1-12-6-14-8-13(2)19(16(7-12)9-14)20(23-3)18-10-17(22)5-4-15(18)11-21/h4-5,10-14,16,22H,6-9H2,1-3H3/b20-19-. The molecule has 23 heavy (non-hydrogen) atoms. The maximum absolute atomic E-state index is 11.4. The predicted molar refractivity (Wildman–Crippen MR) is 91.2 cm³/mol. The van der Waals surface area contributed by atoms with Crippen LogP contribution in [0, 0.1) is 23.7 Å². The maximum atomic E-state index is 11.4. The molecule has 0 saturated heterocycles. The summed E-state index contributed by atoms with van der Waals surface area (Å²) >= 11 is 0. The summed E-state index contributed by atoms with van der Waals surface area (Å²) in [5, 5.41) is 9.87. The molecule has 3 nitrogen and oxygen atoms in total. The fraction of sp³-hybridized carbons (Fsp3) is 0.550. The van der Waals surface area contributed by atoms with Crippen molar-refractivity contribution in [3.05, 3.63) is 34.9 Å². The lowest BCUT2D eigenvalue weighted by Gasteiger charge is -2.43. The fourth-order valence-corrected chi connectivity index (χ4v) is 4.86. The van der Waals surface area contributed by atoms with E-state index in [1.54, 1.807) is 25.3 Å². The lowest BCUT2D eigenvalue weighted by Crippen LogP contribution is -2.32. The van der Waals surface area contributed by atoms with Crippen molar-refractivity contribution in [3.8, 4) is 5.75 Å². The van der Waals surface area contributed by atoms with Crippen LogP contribution in [0.3, 0.4) is 0 Å². The number of rotatable bonds is 3. The Morgan fingerprint density at radius 2 is 2.00 bits per heavy atom. The third-order valence-corrected chi connectivity index (χ3v) is 5.57. The molecule has 0 radical (unpaired) electrons. The van der Waals surface area contributed by atoms with E-state index >= 15 is 0 Å². The summed E-state index contributed by atoms with van der Waals surface area (Å²) in [6, 6.07) is 4.87. The van der Waals surface area contributed by atoms with E-state index in [0.717, 1.165) is 29.4 Å². The predicted octanol–water partition coefficient (Wildman–Crippen LogP) is 4.65. The average molecular weight is 314 g/mol. The third-order valence-electron chi connectivity index (χ3n) is 5.57. The Balaban J connectivity index is 2.12. The first-order chi connectivity index (χ1) is 11.0. The second-order valence-corrected chi connectivity index (χ2v) is 7.39. The topological polar surface area (TPSA) is 46.5 Å². The second-order valence-electron chi connectivity index (χ2n) is 7.39. The number of ether oxygens (including phenoxy) is 1. The first-order valence-corrected chi connectivity index (χ1v) is 8.60. The summed E-state index contributed by atoms with van der Waals surface area (Å²) in [6.07, 6.45) is 5.79. The van der Waals surface area contributed by atoms with Gasteiger partial charge in [0.05, 0.1) is 7.11 Å². The highest BCUT2D eigenvalue weighted by atomic mass is 16.5. The van der Waals surface area contributed by atoms with Crippen LogP contribution in [0.2, 0.25) is 0 Å². The molecule has 0 heterocycles. The number of hydrogen-bond donors (Lipinski definition) is 1. The zero-order valence-corrected chi connectivity index (χ0v) is 14.2. The number of allylic oxidation sites excluding steroid dienone is 1. The Kier molecular flexibility index (Phi) is 4.47. The van der Waals surface area contributed by atoms with Gasteiger partial charge in [0.1, 0.15) is 11.5 Å². The van der Waals surface area contributed by atoms with Crippen LogP contribution in [0.25, 0.3) is 5.76 Å². The van der Waals surface area contributed by atoms with Gasteiger partial charge in [-0.15, -0.1) is 0 Å². The van der Waals surface area contributed by atoms with Gasteiger partial charge in [-0.1, -0.05) is 13.8 Å². The fourth-order valence-electron chi connectivity index (χ4n) is 4.86. The van der Waals surface area contributed by atoms with Crippen molar-refractivity contribution in [2.24, 2.45) is 23.7 Å². The van der Waals surface area contributed by atoms with Gasteiger partial charge in [-0.05, 0) is 73.1 Å². The highest BCUT2D eigenvalue weighted by Gasteiger charge is 2.38. The maximum Gasteiger partial charge on any atom is 0.150 e. The monoisotopic (exact) mass is 314 g/mol. The average Bonchev–Trinajstić information content (AvgIpc) is 2.50. The number of methoxy groups -OCH3 is 1. The van der Waals surface area contributed by atoms with E-state index in [9.17, 15) is 9.90 Å². The van der Waals surface area contributed by atoms with Gasteiger partial charge >= 0.3 is 0 Å². The molecule has 2 aliphatic carbocycles. The highest BCUT2D eigenvalue weighted by Crippen LogP contribution is 2.50. The van der Waals surface area contributed by atoms with E-state index in [-0.39, 0.29) is 5.75 Å². The Morgan fingerprint density at radius 1 is 1.22 bits per heavy atom. The number of carbonyl (C=O) groups is 1. The number of fused-ring (bicyclic) bond motifs is 2. The van der Waals surface area contributed by atoms with Crippen LogP contribution in [0.4, 0.5) is 0 Å². The zero-order valence-electron chi connectivity index (χ0n) is 14.2. The van der Waals surface area contributed by atoms with E-state index in [1.807, 2.05) is 0 Å². The molecule has 3 heteroatoms. The van der Waals surface area contributed by atoms with Crippen molar-refractivity contribution in [1.82, 2.24) is 0 Å². The number of phenolic OH excluding ortho intramolecular Hbond substituents is 1. The van der Waals surface area contributed by atoms with Gasteiger partial charge in [-0.25, -0.2) is 0 Å². The molecule has 0 amide bonds. The van der Waals surface area contributed by atoms with E-state index in [1.165, 1.54) is 31.3 Å². The first kappa shape index (κ1) is 16.1. The molecule has 1 aromatic carbocycles. The van der Waals surface area contributed by atoms with Gasteiger partial charge in [-0.2, -0.15) is 0 Å². The number of phenols is 1. The molecule has 124 valence electrons. The van der Waals surface area contributed by atoms with Crippen molar-refractivity contribution in [1.29, 1.82) is 0 Å². The third kappa shape index (κ3) is 3.01. The lowest BCUT2D eigenvalue weighted by molar-refractivity contribution is 0.112. The van der Waals surface area contributed by atoms with E-state index < -0.39 is 0 Å². The number of benzene rings is 1. The molecular weight excluding hydrogens is 288 g/mol. The number of aromatic hydroxyl groups is 1. The zero-order chi connectivity index (χ0) is 16.6. The van der Waals surface area contributed by atoms with Crippen molar-refractivity contribution >= 4 is 12.0 Å². The summed E-state index contributed by atoms with van der Waals surface area (Å²) in [5.41, 5.74) is 2.63. The molecule has 1 aromatic rings. The Labute approximate surface area is 138 Å². The summed E-state index contributed by atoms with van der Waals surface area (Å²) in [5.74, 6) is 3.52. The molecule has 0 aromatic heterocycles. The lowest BCUT2D eigenvalue weighted by atomic mass is 9.62. The van der Waals surface area contributed by atoms with Gasteiger partial charge < -0.3 is 9.84 Å². The Bertz CT molecular complexity index is 628. The summed E-state index contributed by atoms with van der Waals surface area (Å²) in [7, 11) is 1.67. The quantitative estimate of drug-likeness (QED) is 0.652. The highest BCUT2D eigenvalue weighted by molar-refractivity contribution is 5.85. The summed E-state index contributed by atoms with van der Waals surface area (Å²) in [6.45, 7) is 4.61. The van der Waals surface area contributed by atoms with Crippen LogP contribution in [0.15, 0.2) is 23.8 Å². The molecule has 2 saturated carbocycles. The van der Waals surface area contributed by atoms with Crippen LogP contribution in [-0.2, 0) is 4.74 Å².